The lowest BCUT2D eigenvalue weighted by molar-refractivity contribution is 0.416. The second-order valence-electron chi connectivity index (χ2n) is 4.54. The SMILES string of the molecule is CNCc1ccc(N(C)CCN(C)C)c(Cl)c1. The highest BCUT2D eigenvalue weighted by atomic mass is 35.5. The van der Waals surface area contributed by atoms with Crippen molar-refractivity contribution in [3.05, 3.63) is 28.8 Å². The Labute approximate surface area is 109 Å². The average molecular weight is 256 g/mol. The second kappa shape index (κ2) is 6.84. The van der Waals surface area contributed by atoms with Crippen LogP contribution in [-0.2, 0) is 6.54 Å². The molecule has 4 heteroatoms. The van der Waals surface area contributed by atoms with Gasteiger partial charge in [-0.15, -0.1) is 0 Å². The molecule has 3 nitrogen and oxygen atoms in total. The minimum Gasteiger partial charge on any atom is -0.372 e. The van der Waals surface area contributed by atoms with Crippen LogP contribution in [0.3, 0.4) is 0 Å². The van der Waals surface area contributed by atoms with Gasteiger partial charge in [0, 0.05) is 26.7 Å². The lowest BCUT2D eigenvalue weighted by atomic mass is 10.2. The molecule has 96 valence electrons. The molecule has 0 unspecified atom stereocenters. The maximum Gasteiger partial charge on any atom is 0.0642 e. The smallest absolute Gasteiger partial charge is 0.0642 e. The number of anilines is 1. The predicted molar refractivity (Wildman–Crippen MR) is 76.0 cm³/mol. The molecule has 0 atom stereocenters. The Bertz CT molecular complexity index is 353. The number of nitrogens with one attached hydrogen (secondary N) is 1. The molecule has 0 aliphatic heterocycles. The molecule has 0 fully saturated rings. The summed E-state index contributed by atoms with van der Waals surface area (Å²) in [6, 6.07) is 6.23. The van der Waals surface area contributed by atoms with Gasteiger partial charge in [-0.1, -0.05) is 17.7 Å². The van der Waals surface area contributed by atoms with Crippen LogP contribution in [0.1, 0.15) is 5.56 Å². The van der Waals surface area contributed by atoms with Crippen molar-refractivity contribution >= 4 is 17.3 Å². The van der Waals surface area contributed by atoms with Gasteiger partial charge in [-0.25, -0.2) is 0 Å². The van der Waals surface area contributed by atoms with Gasteiger partial charge in [0.1, 0.15) is 0 Å². The summed E-state index contributed by atoms with van der Waals surface area (Å²) in [4.78, 5) is 4.35. The van der Waals surface area contributed by atoms with E-state index in [1.165, 1.54) is 5.56 Å². The summed E-state index contributed by atoms with van der Waals surface area (Å²) in [5.74, 6) is 0. The summed E-state index contributed by atoms with van der Waals surface area (Å²) in [6.45, 7) is 2.84. The molecule has 1 aromatic rings. The summed E-state index contributed by atoms with van der Waals surface area (Å²) >= 11 is 6.29. The van der Waals surface area contributed by atoms with Gasteiger partial charge in [0.05, 0.1) is 10.7 Å². The third-order valence-electron chi connectivity index (χ3n) is 2.69. The third-order valence-corrected chi connectivity index (χ3v) is 2.99. The van der Waals surface area contributed by atoms with Crippen molar-refractivity contribution < 1.29 is 0 Å². The Balaban J connectivity index is 2.70. The monoisotopic (exact) mass is 255 g/mol. The quantitative estimate of drug-likeness (QED) is 0.840. The molecule has 0 aliphatic rings. The zero-order valence-corrected chi connectivity index (χ0v) is 11.9. The first kappa shape index (κ1) is 14.3. The van der Waals surface area contributed by atoms with Gasteiger partial charge in [0.25, 0.3) is 0 Å². The fraction of sp³-hybridized carbons (Fsp3) is 0.538. The average Bonchev–Trinajstić information content (AvgIpc) is 2.26. The van der Waals surface area contributed by atoms with E-state index in [-0.39, 0.29) is 0 Å². The minimum atomic E-state index is 0.819. The third kappa shape index (κ3) is 4.54. The van der Waals surface area contributed by atoms with Crippen LogP contribution in [0.15, 0.2) is 18.2 Å². The van der Waals surface area contributed by atoms with Crippen LogP contribution < -0.4 is 10.2 Å². The summed E-state index contributed by atoms with van der Waals surface area (Å²) in [5.41, 5.74) is 2.30. The highest BCUT2D eigenvalue weighted by Crippen LogP contribution is 2.25. The molecular weight excluding hydrogens is 234 g/mol. The van der Waals surface area contributed by atoms with Crippen molar-refractivity contribution in [3.63, 3.8) is 0 Å². The van der Waals surface area contributed by atoms with Crippen molar-refractivity contribution in [2.24, 2.45) is 0 Å². The maximum atomic E-state index is 6.29. The molecule has 1 N–H and O–H groups in total. The van der Waals surface area contributed by atoms with Gasteiger partial charge >= 0.3 is 0 Å². The van der Waals surface area contributed by atoms with E-state index in [0.29, 0.717) is 0 Å². The number of nitrogens with zero attached hydrogens (tertiary/aromatic N) is 2. The number of likely N-dealkylation sites (N-methyl/N-ethyl adjacent to an activating group) is 2. The Morgan fingerprint density at radius 2 is 1.88 bits per heavy atom. The van der Waals surface area contributed by atoms with E-state index in [2.05, 4.69) is 48.4 Å². The summed E-state index contributed by atoms with van der Waals surface area (Å²) in [6.07, 6.45) is 0. The van der Waals surface area contributed by atoms with E-state index in [9.17, 15) is 0 Å². The Morgan fingerprint density at radius 3 is 2.41 bits per heavy atom. The molecule has 0 aliphatic carbocycles. The van der Waals surface area contributed by atoms with Gasteiger partial charge in [-0.3, -0.25) is 0 Å². The zero-order chi connectivity index (χ0) is 12.8. The number of benzene rings is 1. The highest BCUT2D eigenvalue weighted by molar-refractivity contribution is 6.33. The Kier molecular flexibility index (Phi) is 5.75. The van der Waals surface area contributed by atoms with E-state index < -0.39 is 0 Å². The first-order chi connectivity index (χ1) is 8.04. The van der Waals surface area contributed by atoms with E-state index in [1.54, 1.807) is 0 Å². The molecule has 0 aromatic heterocycles. The molecule has 0 radical (unpaired) electrons. The number of hydrogen-bond donors (Lipinski definition) is 1. The summed E-state index contributed by atoms with van der Waals surface area (Å²) in [7, 11) is 8.16. The van der Waals surface area contributed by atoms with Gasteiger partial charge in [-0.2, -0.15) is 0 Å². The number of halogens is 1. The van der Waals surface area contributed by atoms with Gasteiger partial charge in [0.2, 0.25) is 0 Å². The Hall–Kier alpha value is -0.770. The standard InChI is InChI=1S/C13H22ClN3/c1-15-10-11-5-6-13(12(14)9-11)17(4)8-7-16(2)3/h5-6,9,15H,7-8,10H2,1-4H3. The highest BCUT2D eigenvalue weighted by Gasteiger charge is 2.07. The Morgan fingerprint density at radius 1 is 1.18 bits per heavy atom. The van der Waals surface area contributed by atoms with Crippen LogP contribution >= 0.6 is 11.6 Å². The zero-order valence-electron chi connectivity index (χ0n) is 11.1. The lowest BCUT2D eigenvalue weighted by Gasteiger charge is -2.23. The number of hydrogen-bond acceptors (Lipinski definition) is 3. The number of rotatable bonds is 6. The van der Waals surface area contributed by atoms with Crippen molar-refractivity contribution in [2.75, 3.05) is 46.2 Å². The molecule has 0 heterocycles. The predicted octanol–water partition coefficient (Wildman–Crippen LogP) is 2.06. The molecule has 1 aromatic carbocycles. The van der Waals surface area contributed by atoms with Gasteiger partial charge < -0.3 is 15.1 Å². The first-order valence-electron chi connectivity index (χ1n) is 5.83. The summed E-state index contributed by atoms with van der Waals surface area (Å²) in [5, 5.41) is 3.94. The minimum absolute atomic E-state index is 0.819. The first-order valence-corrected chi connectivity index (χ1v) is 6.21. The van der Waals surface area contributed by atoms with Crippen molar-refractivity contribution in [1.29, 1.82) is 0 Å². The van der Waals surface area contributed by atoms with Crippen LogP contribution in [0.4, 0.5) is 5.69 Å². The summed E-state index contributed by atoms with van der Waals surface area (Å²) < 4.78 is 0. The van der Waals surface area contributed by atoms with E-state index in [1.807, 2.05) is 13.1 Å². The van der Waals surface area contributed by atoms with Crippen LogP contribution in [0.25, 0.3) is 0 Å². The van der Waals surface area contributed by atoms with Crippen LogP contribution in [0, 0.1) is 0 Å². The van der Waals surface area contributed by atoms with E-state index in [0.717, 1.165) is 30.3 Å². The van der Waals surface area contributed by atoms with Crippen LogP contribution in [0.2, 0.25) is 5.02 Å². The van der Waals surface area contributed by atoms with Crippen molar-refractivity contribution in [1.82, 2.24) is 10.2 Å². The molecular formula is C13H22ClN3. The van der Waals surface area contributed by atoms with E-state index >= 15 is 0 Å². The molecule has 0 saturated carbocycles. The fourth-order valence-corrected chi connectivity index (χ4v) is 1.99. The normalized spacial score (nSPS) is 10.9. The van der Waals surface area contributed by atoms with Crippen LogP contribution in [-0.4, -0.2) is 46.2 Å². The van der Waals surface area contributed by atoms with Gasteiger partial charge in [0.15, 0.2) is 0 Å². The lowest BCUT2D eigenvalue weighted by Crippen LogP contribution is -2.28. The fourth-order valence-electron chi connectivity index (χ4n) is 1.64. The molecule has 0 saturated heterocycles. The van der Waals surface area contributed by atoms with Crippen molar-refractivity contribution in [3.8, 4) is 0 Å². The molecule has 0 bridgehead atoms. The molecule has 0 amide bonds. The van der Waals surface area contributed by atoms with Crippen LogP contribution in [0.5, 0.6) is 0 Å². The topological polar surface area (TPSA) is 18.5 Å². The maximum absolute atomic E-state index is 6.29. The van der Waals surface area contributed by atoms with E-state index in [4.69, 9.17) is 11.6 Å². The van der Waals surface area contributed by atoms with Gasteiger partial charge in [-0.05, 0) is 38.8 Å². The molecule has 17 heavy (non-hydrogen) atoms. The largest absolute Gasteiger partial charge is 0.372 e. The molecule has 1 rings (SSSR count). The molecule has 0 spiro atoms. The van der Waals surface area contributed by atoms with Crippen molar-refractivity contribution in [2.45, 2.75) is 6.54 Å². The second-order valence-corrected chi connectivity index (χ2v) is 4.95.